The summed E-state index contributed by atoms with van der Waals surface area (Å²) in [5.41, 5.74) is 1.25. The standard InChI is InChI=1S/C13H20N4O2/c1-9-10(7-15-17(9)13(2,3)4)12(19)16-6-5-14-11(18)8-16/h7H,5-6,8H2,1-4H3,(H,14,18). The zero-order valence-corrected chi connectivity index (χ0v) is 11.9. The fraction of sp³-hybridized carbons (Fsp3) is 0.615. The van der Waals surface area contributed by atoms with Gasteiger partial charge in [0.2, 0.25) is 5.91 Å². The number of nitrogens with one attached hydrogen (secondary N) is 1. The van der Waals surface area contributed by atoms with Gasteiger partial charge in [-0.05, 0) is 27.7 Å². The second kappa shape index (κ2) is 4.68. The molecule has 0 atom stereocenters. The van der Waals surface area contributed by atoms with Gasteiger partial charge in [-0.1, -0.05) is 0 Å². The average Bonchev–Trinajstić information content (AvgIpc) is 2.70. The Balaban J connectivity index is 2.25. The molecule has 1 N–H and O–H groups in total. The second-order valence-electron chi connectivity index (χ2n) is 5.80. The Bertz CT molecular complexity index is 513. The molecule has 0 radical (unpaired) electrons. The van der Waals surface area contributed by atoms with E-state index in [0.29, 0.717) is 18.7 Å². The lowest BCUT2D eigenvalue weighted by Crippen LogP contribution is -2.50. The molecule has 1 saturated heterocycles. The Kier molecular flexibility index (Phi) is 3.34. The zero-order chi connectivity index (χ0) is 14.2. The van der Waals surface area contributed by atoms with E-state index in [9.17, 15) is 9.59 Å². The molecule has 6 nitrogen and oxygen atoms in total. The number of amides is 2. The van der Waals surface area contributed by atoms with Crippen molar-refractivity contribution in [3.63, 3.8) is 0 Å². The van der Waals surface area contributed by atoms with Crippen LogP contribution in [0.3, 0.4) is 0 Å². The van der Waals surface area contributed by atoms with Crippen LogP contribution < -0.4 is 5.32 Å². The lowest BCUT2D eigenvalue weighted by Gasteiger charge is -2.27. The van der Waals surface area contributed by atoms with Crippen LogP contribution in [0.2, 0.25) is 0 Å². The van der Waals surface area contributed by atoms with E-state index in [4.69, 9.17) is 0 Å². The highest BCUT2D eigenvalue weighted by molar-refractivity contribution is 5.97. The van der Waals surface area contributed by atoms with Gasteiger partial charge < -0.3 is 10.2 Å². The first-order valence-corrected chi connectivity index (χ1v) is 6.42. The van der Waals surface area contributed by atoms with Crippen LogP contribution in [0.5, 0.6) is 0 Å². The molecular formula is C13H20N4O2. The largest absolute Gasteiger partial charge is 0.353 e. The smallest absolute Gasteiger partial charge is 0.257 e. The molecule has 0 aliphatic carbocycles. The van der Waals surface area contributed by atoms with Gasteiger partial charge in [-0.25, -0.2) is 0 Å². The number of carbonyl (C=O) groups excluding carboxylic acids is 2. The normalized spacial score (nSPS) is 16.4. The van der Waals surface area contributed by atoms with Gasteiger partial charge in [-0.3, -0.25) is 14.3 Å². The van der Waals surface area contributed by atoms with Crippen LogP contribution in [-0.4, -0.2) is 46.1 Å². The Morgan fingerprint density at radius 3 is 2.63 bits per heavy atom. The minimum Gasteiger partial charge on any atom is -0.353 e. The van der Waals surface area contributed by atoms with Crippen molar-refractivity contribution in [1.29, 1.82) is 0 Å². The molecule has 104 valence electrons. The highest BCUT2D eigenvalue weighted by Crippen LogP contribution is 2.19. The molecule has 0 saturated carbocycles. The molecular weight excluding hydrogens is 244 g/mol. The van der Waals surface area contributed by atoms with E-state index in [2.05, 4.69) is 10.4 Å². The fourth-order valence-corrected chi connectivity index (χ4v) is 2.28. The fourth-order valence-electron chi connectivity index (χ4n) is 2.28. The summed E-state index contributed by atoms with van der Waals surface area (Å²) in [4.78, 5) is 25.3. The van der Waals surface area contributed by atoms with Crippen LogP contribution in [0.4, 0.5) is 0 Å². The van der Waals surface area contributed by atoms with E-state index in [-0.39, 0.29) is 23.9 Å². The number of piperazine rings is 1. The van der Waals surface area contributed by atoms with E-state index in [0.717, 1.165) is 5.69 Å². The number of nitrogens with zero attached hydrogens (tertiary/aromatic N) is 3. The summed E-state index contributed by atoms with van der Waals surface area (Å²) >= 11 is 0. The van der Waals surface area contributed by atoms with Gasteiger partial charge in [0.15, 0.2) is 0 Å². The molecule has 0 bridgehead atoms. The van der Waals surface area contributed by atoms with Crippen molar-refractivity contribution in [2.75, 3.05) is 19.6 Å². The molecule has 0 aromatic carbocycles. The number of hydrogen-bond donors (Lipinski definition) is 1. The Hall–Kier alpha value is -1.85. The summed E-state index contributed by atoms with van der Waals surface area (Å²) in [6.45, 7) is 9.18. The van der Waals surface area contributed by atoms with Crippen LogP contribution in [0.1, 0.15) is 36.8 Å². The maximum absolute atomic E-state index is 12.4. The minimum atomic E-state index is -0.165. The highest BCUT2D eigenvalue weighted by atomic mass is 16.2. The van der Waals surface area contributed by atoms with E-state index < -0.39 is 0 Å². The number of rotatable bonds is 1. The molecule has 0 unspecified atom stereocenters. The summed E-state index contributed by atoms with van der Waals surface area (Å²) in [5, 5.41) is 7.00. The summed E-state index contributed by atoms with van der Waals surface area (Å²) in [6, 6.07) is 0. The number of carbonyl (C=O) groups is 2. The van der Waals surface area contributed by atoms with Crippen molar-refractivity contribution >= 4 is 11.8 Å². The van der Waals surface area contributed by atoms with Crippen LogP contribution in [0, 0.1) is 6.92 Å². The minimum absolute atomic E-state index is 0.111. The summed E-state index contributed by atoms with van der Waals surface area (Å²) in [5.74, 6) is -0.233. The van der Waals surface area contributed by atoms with Crippen molar-refractivity contribution in [2.45, 2.75) is 33.2 Å². The van der Waals surface area contributed by atoms with E-state index in [1.54, 1.807) is 11.1 Å². The van der Waals surface area contributed by atoms with Crippen molar-refractivity contribution in [2.24, 2.45) is 0 Å². The molecule has 1 aromatic heterocycles. The first kappa shape index (κ1) is 13.6. The summed E-state index contributed by atoms with van der Waals surface area (Å²) < 4.78 is 1.84. The topological polar surface area (TPSA) is 67.2 Å². The molecule has 19 heavy (non-hydrogen) atoms. The highest BCUT2D eigenvalue weighted by Gasteiger charge is 2.27. The summed E-state index contributed by atoms with van der Waals surface area (Å²) in [7, 11) is 0. The molecule has 2 amide bonds. The van der Waals surface area contributed by atoms with Gasteiger partial charge >= 0.3 is 0 Å². The third-order valence-corrected chi connectivity index (χ3v) is 3.20. The molecule has 1 aliphatic rings. The van der Waals surface area contributed by atoms with E-state index in [1.807, 2.05) is 32.4 Å². The van der Waals surface area contributed by atoms with Gasteiger partial charge in [-0.2, -0.15) is 5.10 Å². The van der Waals surface area contributed by atoms with Gasteiger partial charge in [0.05, 0.1) is 23.8 Å². The lowest BCUT2D eigenvalue weighted by atomic mass is 10.1. The first-order chi connectivity index (χ1) is 8.80. The third-order valence-electron chi connectivity index (χ3n) is 3.20. The van der Waals surface area contributed by atoms with Gasteiger partial charge in [0.1, 0.15) is 0 Å². The molecule has 1 fully saturated rings. The number of aromatic nitrogens is 2. The molecule has 2 rings (SSSR count). The average molecular weight is 264 g/mol. The monoisotopic (exact) mass is 264 g/mol. The van der Waals surface area contributed by atoms with Crippen molar-refractivity contribution < 1.29 is 9.59 Å². The van der Waals surface area contributed by atoms with E-state index >= 15 is 0 Å². The van der Waals surface area contributed by atoms with Crippen LogP contribution in [0.15, 0.2) is 6.20 Å². The Labute approximate surface area is 112 Å². The van der Waals surface area contributed by atoms with Crippen LogP contribution in [0.25, 0.3) is 0 Å². The maximum Gasteiger partial charge on any atom is 0.257 e. The Morgan fingerprint density at radius 1 is 1.42 bits per heavy atom. The van der Waals surface area contributed by atoms with Gasteiger partial charge in [0.25, 0.3) is 5.91 Å². The van der Waals surface area contributed by atoms with Crippen molar-refractivity contribution in [3.05, 3.63) is 17.5 Å². The molecule has 0 spiro atoms. The quantitative estimate of drug-likeness (QED) is 0.804. The Morgan fingerprint density at radius 2 is 2.11 bits per heavy atom. The number of hydrogen-bond acceptors (Lipinski definition) is 3. The SMILES string of the molecule is Cc1c(C(=O)N2CCNC(=O)C2)cnn1C(C)(C)C. The van der Waals surface area contributed by atoms with Crippen molar-refractivity contribution in [3.8, 4) is 0 Å². The molecule has 6 heteroatoms. The van der Waals surface area contributed by atoms with Gasteiger partial charge in [0, 0.05) is 18.8 Å². The zero-order valence-electron chi connectivity index (χ0n) is 11.9. The van der Waals surface area contributed by atoms with E-state index in [1.165, 1.54) is 0 Å². The van der Waals surface area contributed by atoms with Gasteiger partial charge in [-0.15, -0.1) is 0 Å². The maximum atomic E-state index is 12.4. The summed E-state index contributed by atoms with van der Waals surface area (Å²) in [6.07, 6.45) is 1.59. The second-order valence-corrected chi connectivity index (χ2v) is 5.80. The van der Waals surface area contributed by atoms with Crippen molar-refractivity contribution in [1.82, 2.24) is 20.0 Å². The van der Waals surface area contributed by atoms with Crippen LogP contribution >= 0.6 is 0 Å². The van der Waals surface area contributed by atoms with Crippen LogP contribution in [-0.2, 0) is 10.3 Å². The first-order valence-electron chi connectivity index (χ1n) is 6.42. The third kappa shape index (κ3) is 2.62. The predicted octanol–water partition coefficient (Wildman–Crippen LogP) is 0.519. The molecule has 2 heterocycles. The molecule has 1 aromatic rings. The molecule has 1 aliphatic heterocycles. The lowest BCUT2D eigenvalue weighted by molar-refractivity contribution is -0.123. The predicted molar refractivity (Wildman–Crippen MR) is 70.9 cm³/mol.